The summed E-state index contributed by atoms with van der Waals surface area (Å²) in [6, 6.07) is 5.66. The van der Waals surface area contributed by atoms with E-state index >= 15 is 0 Å². The maximum atomic E-state index is 12.6. The van der Waals surface area contributed by atoms with Gasteiger partial charge in [-0.2, -0.15) is 0 Å². The Morgan fingerprint density at radius 2 is 1.87 bits per heavy atom. The lowest BCUT2D eigenvalue weighted by Crippen LogP contribution is -2.37. The average Bonchev–Trinajstić information content (AvgIpc) is 3.15. The van der Waals surface area contributed by atoms with Crippen molar-refractivity contribution in [2.45, 2.75) is 18.7 Å². The maximum absolute atomic E-state index is 12.6. The van der Waals surface area contributed by atoms with Gasteiger partial charge < -0.3 is 15.4 Å². The van der Waals surface area contributed by atoms with Gasteiger partial charge in [0.05, 0.1) is 22.6 Å². The summed E-state index contributed by atoms with van der Waals surface area (Å²) in [7, 11) is -2.75. The number of hydrogen-bond acceptors (Lipinski definition) is 8. The summed E-state index contributed by atoms with van der Waals surface area (Å²) < 4.78 is 30.7. The summed E-state index contributed by atoms with van der Waals surface area (Å²) in [5, 5.41) is 4.92. The Kier molecular flexibility index (Phi) is 6.13. The van der Waals surface area contributed by atoms with E-state index in [0.717, 1.165) is 11.3 Å². The van der Waals surface area contributed by atoms with Crippen molar-refractivity contribution in [2.24, 2.45) is 0 Å². The molecule has 0 bridgehead atoms. The fraction of sp³-hybridized carbons (Fsp3) is 0.263. The molecule has 3 amide bonds. The third kappa shape index (κ3) is 3.91. The fourth-order valence-electron chi connectivity index (χ4n) is 3.06. The normalized spacial score (nSPS) is 14.2. The Hall–Kier alpha value is -3.25. The molecule has 2 N–H and O–H groups in total. The summed E-state index contributed by atoms with van der Waals surface area (Å²) in [4.78, 5) is 49.6. The van der Waals surface area contributed by atoms with Crippen LogP contribution in [0.25, 0.3) is 0 Å². The van der Waals surface area contributed by atoms with Gasteiger partial charge in [0.1, 0.15) is 16.4 Å². The SMILES string of the molecule is CCOC(=O)c1c(NC(=O)CN2C(=O)c3ccccc3S2(=O)=O)sc(C(=O)NC)c1C. The van der Waals surface area contributed by atoms with E-state index in [1.54, 1.807) is 6.92 Å². The molecule has 0 unspecified atom stereocenters. The first-order valence-electron chi connectivity index (χ1n) is 9.12. The third-order valence-electron chi connectivity index (χ3n) is 4.51. The molecule has 0 fully saturated rings. The predicted molar refractivity (Wildman–Crippen MR) is 112 cm³/mol. The first-order valence-corrected chi connectivity index (χ1v) is 11.4. The Labute approximate surface area is 182 Å². The van der Waals surface area contributed by atoms with Crippen molar-refractivity contribution in [2.75, 3.05) is 25.5 Å². The van der Waals surface area contributed by atoms with Crippen molar-refractivity contribution < 1.29 is 32.3 Å². The molecule has 12 heteroatoms. The van der Waals surface area contributed by atoms with Gasteiger partial charge in [0.2, 0.25) is 5.91 Å². The number of benzene rings is 1. The van der Waals surface area contributed by atoms with Crippen LogP contribution in [0.1, 0.15) is 42.9 Å². The maximum Gasteiger partial charge on any atom is 0.341 e. The molecule has 0 radical (unpaired) electrons. The highest BCUT2D eigenvalue weighted by molar-refractivity contribution is 7.90. The Morgan fingerprint density at radius 3 is 2.48 bits per heavy atom. The van der Waals surface area contributed by atoms with Crippen LogP contribution in [0.4, 0.5) is 5.00 Å². The van der Waals surface area contributed by atoms with Crippen LogP contribution in [0.15, 0.2) is 29.2 Å². The third-order valence-corrected chi connectivity index (χ3v) is 7.50. The molecule has 1 aliphatic rings. The molecule has 3 rings (SSSR count). The van der Waals surface area contributed by atoms with E-state index in [-0.39, 0.29) is 32.5 Å². The lowest BCUT2D eigenvalue weighted by atomic mass is 10.1. The zero-order valence-electron chi connectivity index (χ0n) is 16.8. The van der Waals surface area contributed by atoms with Crippen molar-refractivity contribution in [1.82, 2.24) is 9.62 Å². The number of sulfonamides is 1. The van der Waals surface area contributed by atoms with Gasteiger partial charge in [-0.05, 0) is 31.5 Å². The summed E-state index contributed by atoms with van der Waals surface area (Å²) in [5.74, 6) is -2.86. The van der Waals surface area contributed by atoms with E-state index in [1.807, 2.05) is 0 Å². The number of fused-ring (bicyclic) bond motifs is 1. The molecule has 2 aromatic rings. The lowest BCUT2D eigenvalue weighted by Gasteiger charge is -2.14. The van der Waals surface area contributed by atoms with Crippen molar-refractivity contribution in [3.63, 3.8) is 0 Å². The van der Waals surface area contributed by atoms with E-state index in [2.05, 4.69) is 10.6 Å². The number of ether oxygens (including phenoxy) is 1. The van der Waals surface area contributed by atoms with Crippen LogP contribution in [0.5, 0.6) is 0 Å². The van der Waals surface area contributed by atoms with Gasteiger partial charge in [-0.25, -0.2) is 17.5 Å². The quantitative estimate of drug-likeness (QED) is 0.614. The molecule has 0 spiro atoms. The first kappa shape index (κ1) is 22.4. The second-order valence-corrected chi connectivity index (χ2v) is 9.27. The number of esters is 1. The van der Waals surface area contributed by atoms with Crippen molar-refractivity contribution in [3.8, 4) is 0 Å². The van der Waals surface area contributed by atoms with Gasteiger partial charge >= 0.3 is 5.97 Å². The summed E-state index contributed by atoms with van der Waals surface area (Å²) >= 11 is 0.850. The standard InChI is InChI=1S/C19H19N3O7S2/c1-4-29-19(26)14-10(2)15(16(24)20-3)30-17(14)21-13(23)9-22-18(25)11-7-5-6-8-12(11)31(22,27)28/h5-8H,4,9H2,1-3H3,(H,20,24)(H,21,23). The minimum absolute atomic E-state index is 0.00214. The molecule has 0 saturated carbocycles. The largest absolute Gasteiger partial charge is 0.462 e. The van der Waals surface area contributed by atoms with E-state index in [1.165, 1.54) is 38.2 Å². The van der Waals surface area contributed by atoms with E-state index in [0.29, 0.717) is 9.87 Å². The van der Waals surface area contributed by atoms with Gasteiger partial charge in [-0.15, -0.1) is 11.3 Å². The van der Waals surface area contributed by atoms with Crippen LogP contribution >= 0.6 is 11.3 Å². The van der Waals surface area contributed by atoms with E-state index < -0.39 is 40.3 Å². The molecule has 0 aliphatic carbocycles. The summed E-state index contributed by atoms with van der Waals surface area (Å²) in [5.41, 5.74) is 0.296. The molecule has 1 aromatic carbocycles. The number of nitrogens with zero attached hydrogens (tertiary/aromatic N) is 1. The van der Waals surface area contributed by atoms with Crippen LogP contribution < -0.4 is 10.6 Å². The van der Waals surface area contributed by atoms with E-state index in [4.69, 9.17) is 4.74 Å². The molecule has 1 aromatic heterocycles. The molecule has 2 heterocycles. The van der Waals surface area contributed by atoms with Crippen molar-refractivity contribution in [1.29, 1.82) is 0 Å². The molecule has 0 saturated heterocycles. The predicted octanol–water partition coefficient (Wildman–Crippen LogP) is 1.38. The highest BCUT2D eigenvalue weighted by Crippen LogP contribution is 2.34. The molecule has 10 nitrogen and oxygen atoms in total. The molecule has 0 atom stereocenters. The fourth-order valence-corrected chi connectivity index (χ4v) is 5.75. The Balaban J connectivity index is 1.90. The number of hydrogen-bond donors (Lipinski definition) is 2. The summed E-state index contributed by atoms with van der Waals surface area (Å²) in [6.07, 6.45) is 0. The molecular weight excluding hydrogens is 446 g/mol. The molecular formula is C19H19N3O7S2. The van der Waals surface area contributed by atoms with Gasteiger partial charge in [-0.1, -0.05) is 12.1 Å². The number of rotatable bonds is 6. The number of carbonyl (C=O) groups excluding carboxylic acids is 4. The van der Waals surface area contributed by atoms with Crippen molar-refractivity contribution in [3.05, 3.63) is 45.8 Å². The van der Waals surface area contributed by atoms with Crippen LogP contribution in [0.2, 0.25) is 0 Å². The lowest BCUT2D eigenvalue weighted by molar-refractivity contribution is -0.116. The van der Waals surface area contributed by atoms with Gasteiger partial charge in [0, 0.05) is 7.05 Å². The molecule has 31 heavy (non-hydrogen) atoms. The smallest absolute Gasteiger partial charge is 0.341 e. The second kappa shape index (κ2) is 8.47. The average molecular weight is 466 g/mol. The zero-order chi connectivity index (χ0) is 22.9. The van der Waals surface area contributed by atoms with Crippen LogP contribution in [0, 0.1) is 6.92 Å². The van der Waals surface area contributed by atoms with E-state index in [9.17, 15) is 27.6 Å². The topological polar surface area (TPSA) is 139 Å². The van der Waals surface area contributed by atoms with Gasteiger partial charge in [0.15, 0.2) is 0 Å². The minimum Gasteiger partial charge on any atom is -0.462 e. The first-order chi connectivity index (χ1) is 14.6. The zero-order valence-corrected chi connectivity index (χ0v) is 18.5. The monoisotopic (exact) mass is 465 g/mol. The van der Waals surface area contributed by atoms with Crippen LogP contribution in [-0.2, 0) is 19.6 Å². The Morgan fingerprint density at radius 1 is 1.19 bits per heavy atom. The second-order valence-electron chi connectivity index (χ2n) is 6.42. The van der Waals surface area contributed by atoms with Crippen molar-refractivity contribution >= 4 is 50.1 Å². The van der Waals surface area contributed by atoms with Crippen LogP contribution in [0.3, 0.4) is 0 Å². The highest BCUT2D eigenvalue weighted by atomic mass is 32.2. The summed E-state index contributed by atoms with van der Waals surface area (Å²) in [6.45, 7) is 2.44. The molecule has 164 valence electrons. The Bertz CT molecular complexity index is 1200. The number of nitrogens with one attached hydrogen (secondary N) is 2. The minimum atomic E-state index is -4.17. The molecule has 1 aliphatic heterocycles. The number of anilines is 1. The van der Waals surface area contributed by atoms with Gasteiger partial charge in [-0.3, -0.25) is 14.4 Å². The number of amides is 3. The number of carbonyl (C=O) groups is 4. The number of thiophene rings is 1. The van der Waals surface area contributed by atoms with Gasteiger partial charge in [0.25, 0.3) is 21.8 Å². The van der Waals surface area contributed by atoms with Crippen LogP contribution in [-0.4, -0.2) is 56.6 Å². The highest BCUT2D eigenvalue weighted by Gasteiger charge is 2.42.